The second-order valence-electron chi connectivity index (χ2n) is 8.50. The van der Waals surface area contributed by atoms with Gasteiger partial charge in [-0.25, -0.2) is 0 Å². The zero-order chi connectivity index (χ0) is 16.9. The van der Waals surface area contributed by atoms with Crippen LogP contribution in [0.5, 0.6) is 0 Å². The van der Waals surface area contributed by atoms with E-state index in [2.05, 4.69) is 32.9 Å². The Bertz CT molecular complexity index is 602. The number of rotatable bonds is 5. The molecule has 0 aromatic heterocycles. The first-order valence-corrected chi connectivity index (χ1v) is 9.12. The van der Waals surface area contributed by atoms with Gasteiger partial charge in [-0.3, -0.25) is 0 Å². The van der Waals surface area contributed by atoms with E-state index in [1.807, 2.05) is 18.2 Å². The summed E-state index contributed by atoms with van der Waals surface area (Å²) in [6.07, 6.45) is 2.53. The summed E-state index contributed by atoms with van der Waals surface area (Å²) in [4.78, 5) is 0. The van der Waals surface area contributed by atoms with Crippen molar-refractivity contribution in [3.8, 4) is 0 Å². The molecule has 25 heavy (non-hydrogen) atoms. The van der Waals surface area contributed by atoms with Crippen molar-refractivity contribution in [2.75, 3.05) is 6.61 Å². The second-order valence-corrected chi connectivity index (χ2v) is 8.50. The van der Waals surface area contributed by atoms with Crippen LogP contribution < -0.4 is 5.73 Å². The molecule has 0 spiro atoms. The smallest absolute Gasteiger partial charge is 0.404 e. The molecule has 5 rings (SSSR count). The molecule has 2 N–H and O–H groups in total. The van der Waals surface area contributed by atoms with Crippen molar-refractivity contribution in [2.45, 2.75) is 57.9 Å². The summed E-state index contributed by atoms with van der Waals surface area (Å²) in [7, 11) is -0.356. The number of hydrogen-bond acceptors (Lipinski definition) is 4. The average Bonchev–Trinajstić information content (AvgIpc) is 2.92. The van der Waals surface area contributed by atoms with Crippen LogP contribution in [0.2, 0.25) is 0 Å². The van der Waals surface area contributed by atoms with Gasteiger partial charge in [0.1, 0.15) is 0 Å². The van der Waals surface area contributed by atoms with Crippen LogP contribution in [0.15, 0.2) is 30.3 Å². The summed E-state index contributed by atoms with van der Waals surface area (Å²) in [5.74, 6) is 1.07. The molecule has 4 fully saturated rings. The fraction of sp³-hybridized carbons (Fsp3) is 0.684. The van der Waals surface area contributed by atoms with Crippen molar-refractivity contribution < 1.29 is 14.0 Å². The fourth-order valence-corrected chi connectivity index (χ4v) is 5.05. The summed E-state index contributed by atoms with van der Waals surface area (Å²) >= 11 is 0. The van der Waals surface area contributed by atoms with Crippen LogP contribution >= 0.6 is 12.4 Å². The topological polar surface area (TPSA) is 53.7 Å². The minimum absolute atomic E-state index is 0. The maximum Gasteiger partial charge on any atom is 0.478 e. The average molecular weight is 366 g/mol. The Balaban J connectivity index is 0.00000182. The highest BCUT2D eigenvalue weighted by Gasteiger charge is 2.68. The monoisotopic (exact) mass is 365 g/mol. The first kappa shape index (κ1) is 19.2. The molecule has 3 aliphatic carbocycles. The van der Waals surface area contributed by atoms with E-state index >= 15 is 0 Å². The molecule has 4 nitrogen and oxygen atoms in total. The van der Waals surface area contributed by atoms with Crippen molar-refractivity contribution in [3.63, 3.8) is 0 Å². The SMILES string of the molecule is CC1(C)[C@@H]2C[C@H]3OB([C@@H](N)COCc4ccccc4)O[C@@]3(C)[C@H]1C2.Cl. The number of ether oxygens (including phenoxy) is 1. The molecule has 138 valence electrons. The Morgan fingerprint density at radius 1 is 1.24 bits per heavy atom. The molecule has 0 unspecified atom stereocenters. The predicted octanol–water partition coefficient (Wildman–Crippen LogP) is 3.22. The summed E-state index contributed by atoms with van der Waals surface area (Å²) in [5, 5.41) is 0. The number of hydrogen-bond donors (Lipinski definition) is 1. The van der Waals surface area contributed by atoms with E-state index in [0.717, 1.165) is 17.9 Å². The first-order chi connectivity index (χ1) is 11.4. The molecule has 4 aliphatic rings. The minimum Gasteiger partial charge on any atom is -0.404 e. The predicted molar refractivity (Wildman–Crippen MR) is 101 cm³/mol. The van der Waals surface area contributed by atoms with Crippen molar-refractivity contribution >= 4 is 19.5 Å². The molecule has 1 aliphatic heterocycles. The van der Waals surface area contributed by atoms with Crippen molar-refractivity contribution in [2.24, 2.45) is 23.0 Å². The van der Waals surface area contributed by atoms with Crippen LogP contribution in [0, 0.1) is 17.3 Å². The zero-order valence-corrected chi connectivity index (χ0v) is 16.1. The maximum absolute atomic E-state index is 6.38. The lowest BCUT2D eigenvalue weighted by molar-refractivity contribution is -0.199. The number of nitrogens with two attached hydrogens (primary N) is 1. The normalized spacial score (nSPS) is 36.2. The summed E-state index contributed by atoms with van der Waals surface area (Å²) in [5.41, 5.74) is 7.63. The van der Waals surface area contributed by atoms with Gasteiger partial charge in [0.2, 0.25) is 0 Å². The van der Waals surface area contributed by atoms with Gasteiger partial charge in [-0.15, -0.1) is 12.4 Å². The zero-order valence-electron chi connectivity index (χ0n) is 15.3. The van der Waals surface area contributed by atoms with Crippen molar-refractivity contribution in [3.05, 3.63) is 35.9 Å². The molecular weight excluding hydrogens is 336 g/mol. The van der Waals surface area contributed by atoms with Crippen LogP contribution in [-0.4, -0.2) is 31.4 Å². The van der Waals surface area contributed by atoms with E-state index in [0.29, 0.717) is 24.5 Å². The van der Waals surface area contributed by atoms with Gasteiger partial charge in [-0.2, -0.15) is 0 Å². The van der Waals surface area contributed by atoms with Crippen LogP contribution in [0.3, 0.4) is 0 Å². The van der Waals surface area contributed by atoms with Crippen LogP contribution in [0.25, 0.3) is 0 Å². The molecule has 0 radical (unpaired) electrons. The van der Waals surface area contributed by atoms with Crippen LogP contribution in [0.1, 0.15) is 39.2 Å². The van der Waals surface area contributed by atoms with E-state index in [1.54, 1.807) is 0 Å². The van der Waals surface area contributed by atoms with E-state index in [9.17, 15) is 0 Å². The quantitative estimate of drug-likeness (QED) is 0.814. The Kier molecular flexibility index (Phi) is 5.26. The first-order valence-electron chi connectivity index (χ1n) is 9.12. The third-order valence-electron chi connectivity index (χ3n) is 6.74. The lowest BCUT2D eigenvalue weighted by Crippen LogP contribution is -2.65. The molecule has 6 heteroatoms. The van der Waals surface area contributed by atoms with E-state index < -0.39 is 0 Å². The largest absolute Gasteiger partial charge is 0.478 e. The van der Waals surface area contributed by atoms with Gasteiger partial charge in [0, 0.05) is 0 Å². The van der Waals surface area contributed by atoms with Gasteiger partial charge < -0.3 is 19.8 Å². The summed E-state index contributed by atoms with van der Waals surface area (Å²) in [6.45, 7) is 7.97. The highest BCUT2D eigenvalue weighted by atomic mass is 35.5. The third-order valence-corrected chi connectivity index (χ3v) is 6.74. The van der Waals surface area contributed by atoms with Crippen LogP contribution in [-0.2, 0) is 20.7 Å². The van der Waals surface area contributed by atoms with Gasteiger partial charge >= 0.3 is 7.12 Å². The second kappa shape index (κ2) is 6.86. The Morgan fingerprint density at radius 2 is 1.96 bits per heavy atom. The minimum atomic E-state index is -0.356. The molecule has 0 amide bonds. The number of halogens is 1. The van der Waals surface area contributed by atoms with E-state index in [-0.39, 0.29) is 37.2 Å². The molecule has 2 bridgehead atoms. The summed E-state index contributed by atoms with van der Waals surface area (Å²) < 4.78 is 18.3. The Labute approximate surface area is 157 Å². The highest BCUT2D eigenvalue weighted by Crippen LogP contribution is 2.65. The summed E-state index contributed by atoms with van der Waals surface area (Å²) in [6, 6.07) is 10.1. The molecule has 1 aromatic carbocycles. The maximum atomic E-state index is 6.38. The molecule has 3 saturated carbocycles. The van der Waals surface area contributed by atoms with Gasteiger partial charge in [0.05, 0.1) is 30.9 Å². The lowest BCUT2D eigenvalue weighted by atomic mass is 9.43. The Morgan fingerprint density at radius 3 is 2.64 bits per heavy atom. The van der Waals surface area contributed by atoms with Gasteiger partial charge in [0.15, 0.2) is 0 Å². The van der Waals surface area contributed by atoms with Gasteiger partial charge in [0.25, 0.3) is 0 Å². The van der Waals surface area contributed by atoms with Gasteiger partial charge in [-0.05, 0) is 42.6 Å². The van der Waals surface area contributed by atoms with E-state index in [4.69, 9.17) is 19.8 Å². The highest BCUT2D eigenvalue weighted by molar-refractivity contribution is 6.47. The fourth-order valence-electron chi connectivity index (χ4n) is 5.05. The molecular formula is C19H29BClNO3. The van der Waals surface area contributed by atoms with Crippen LogP contribution in [0.4, 0.5) is 0 Å². The van der Waals surface area contributed by atoms with Crippen molar-refractivity contribution in [1.29, 1.82) is 0 Å². The third kappa shape index (κ3) is 3.15. The molecule has 1 aromatic rings. The van der Waals surface area contributed by atoms with Gasteiger partial charge in [-0.1, -0.05) is 44.2 Å². The van der Waals surface area contributed by atoms with E-state index in [1.165, 1.54) is 6.42 Å². The number of benzene rings is 1. The Hall–Kier alpha value is -0.585. The molecule has 5 atom stereocenters. The molecule has 1 heterocycles. The molecule has 1 saturated heterocycles. The van der Waals surface area contributed by atoms with Crippen molar-refractivity contribution in [1.82, 2.24) is 0 Å². The standard InChI is InChI=1S/C19H28BNO3.ClH/c1-18(2)14-9-15(18)19(3)16(10-14)23-20(24-19)17(21)12-22-11-13-7-5-4-6-8-13;/h4-8,14-17H,9-12,21H2,1-3H3;1H/t14-,15-,16+,17-,19-;/m0./s1. The lowest BCUT2D eigenvalue weighted by Gasteiger charge is -2.64.